The number of nitrogens with zero attached hydrogens (tertiary/aromatic N) is 2. The predicted molar refractivity (Wildman–Crippen MR) is 109 cm³/mol. The Kier molecular flexibility index (Phi) is 6.57. The number of ether oxygens (including phenoxy) is 1. The van der Waals surface area contributed by atoms with Crippen LogP contribution >= 0.6 is 15.9 Å². The van der Waals surface area contributed by atoms with Crippen LogP contribution < -0.4 is 4.74 Å². The summed E-state index contributed by atoms with van der Waals surface area (Å²) in [5, 5.41) is 9.34. The lowest BCUT2D eigenvalue weighted by Crippen LogP contribution is -2.43. The van der Waals surface area contributed by atoms with Gasteiger partial charge in [0.2, 0.25) is 0 Å². The molecule has 1 aliphatic rings. The number of phenolic OH excluding ortho intramolecular Hbond substituents is 1. The van der Waals surface area contributed by atoms with Gasteiger partial charge in [0.05, 0.1) is 5.56 Å². The summed E-state index contributed by atoms with van der Waals surface area (Å²) in [6, 6.07) is 13.6. The van der Waals surface area contributed by atoms with Crippen LogP contribution in [-0.2, 0) is 4.79 Å². The first-order valence-electron chi connectivity index (χ1n) is 9.24. The molecule has 1 heterocycles. The van der Waals surface area contributed by atoms with Gasteiger partial charge in [-0.25, -0.2) is 0 Å². The number of carbonyl (C=O) groups excluding carboxylic acids is 2. The van der Waals surface area contributed by atoms with Gasteiger partial charge < -0.3 is 19.6 Å². The molecule has 2 aromatic carbocycles. The number of aromatic hydroxyl groups is 1. The molecule has 148 valence electrons. The van der Waals surface area contributed by atoms with Crippen molar-refractivity contribution in [3.05, 3.63) is 58.6 Å². The highest BCUT2D eigenvalue weighted by atomic mass is 79.9. The maximum absolute atomic E-state index is 12.8. The molecular formula is C21H23BrN2O4. The quantitative estimate of drug-likeness (QED) is 0.781. The van der Waals surface area contributed by atoms with Crippen LogP contribution in [-0.4, -0.2) is 59.0 Å². The Hall–Kier alpha value is -2.54. The average Bonchev–Trinajstić information content (AvgIpc) is 2.95. The molecule has 2 aromatic rings. The molecule has 1 unspecified atom stereocenters. The van der Waals surface area contributed by atoms with E-state index in [1.165, 1.54) is 12.1 Å². The van der Waals surface area contributed by atoms with E-state index in [0.29, 0.717) is 43.9 Å². The van der Waals surface area contributed by atoms with Crippen molar-refractivity contribution in [2.24, 2.45) is 0 Å². The monoisotopic (exact) mass is 446 g/mol. The van der Waals surface area contributed by atoms with Crippen LogP contribution in [0.5, 0.6) is 11.5 Å². The lowest BCUT2D eigenvalue weighted by Gasteiger charge is -2.25. The summed E-state index contributed by atoms with van der Waals surface area (Å²) in [5.41, 5.74) is 0.631. The molecule has 2 amide bonds. The zero-order valence-corrected chi connectivity index (χ0v) is 17.3. The summed E-state index contributed by atoms with van der Waals surface area (Å²) in [5.74, 6) is 0.534. The van der Waals surface area contributed by atoms with Gasteiger partial charge in [-0.3, -0.25) is 9.59 Å². The summed E-state index contributed by atoms with van der Waals surface area (Å²) in [6.45, 7) is 3.86. The normalized spacial score (nSPS) is 15.6. The van der Waals surface area contributed by atoms with Crippen LogP contribution in [0, 0.1) is 0 Å². The summed E-state index contributed by atoms with van der Waals surface area (Å²) in [6.07, 6.45) is 0.0727. The van der Waals surface area contributed by atoms with Gasteiger partial charge in [0.15, 0.2) is 6.10 Å². The van der Waals surface area contributed by atoms with E-state index in [-0.39, 0.29) is 17.6 Å². The Morgan fingerprint density at radius 1 is 1.00 bits per heavy atom. The number of hydrogen-bond acceptors (Lipinski definition) is 4. The molecule has 6 nitrogen and oxygen atoms in total. The lowest BCUT2D eigenvalue weighted by molar-refractivity contribution is -0.137. The number of amides is 2. The Bertz CT molecular complexity index is 841. The number of rotatable bonds is 4. The van der Waals surface area contributed by atoms with Crippen molar-refractivity contribution in [2.45, 2.75) is 19.4 Å². The minimum Gasteiger partial charge on any atom is -0.508 e. The molecule has 3 rings (SSSR count). The van der Waals surface area contributed by atoms with Crippen LogP contribution in [0.3, 0.4) is 0 Å². The van der Waals surface area contributed by atoms with Crippen molar-refractivity contribution in [3.8, 4) is 11.5 Å². The molecule has 7 heteroatoms. The summed E-state index contributed by atoms with van der Waals surface area (Å²) in [4.78, 5) is 29.1. The van der Waals surface area contributed by atoms with E-state index in [0.717, 1.165) is 4.47 Å². The molecule has 0 aliphatic carbocycles. The predicted octanol–water partition coefficient (Wildman–Crippen LogP) is 3.30. The van der Waals surface area contributed by atoms with Gasteiger partial charge in [-0.2, -0.15) is 0 Å². The first-order valence-corrected chi connectivity index (χ1v) is 10.0. The second-order valence-electron chi connectivity index (χ2n) is 6.70. The standard InChI is InChI=1S/C21H23BrN2O4/c1-15(28-17-9-7-16(25)8-10-17)20(26)23-11-4-12-24(14-13-23)21(27)18-5-2-3-6-19(18)22/h2-3,5-10,15,25H,4,11-14H2,1H3. The molecule has 1 fully saturated rings. The van der Waals surface area contributed by atoms with Gasteiger partial charge in [-0.15, -0.1) is 0 Å². The zero-order valence-electron chi connectivity index (χ0n) is 15.7. The molecular weight excluding hydrogens is 424 g/mol. The fourth-order valence-electron chi connectivity index (χ4n) is 3.18. The first kappa shape index (κ1) is 20.2. The minimum atomic E-state index is -0.643. The summed E-state index contributed by atoms with van der Waals surface area (Å²) < 4.78 is 6.47. The van der Waals surface area contributed by atoms with E-state index < -0.39 is 6.10 Å². The van der Waals surface area contributed by atoms with E-state index in [9.17, 15) is 14.7 Å². The number of carbonyl (C=O) groups is 2. The molecule has 1 N–H and O–H groups in total. The molecule has 1 saturated heterocycles. The molecule has 0 spiro atoms. The number of phenols is 1. The van der Waals surface area contributed by atoms with Gasteiger partial charge in [-0.05, 0) is 65.7 Å². The summed E-state index contributed by atoms with van der Waals surface area (Å²) in [7, 11) is 0. The second-order valence-corrected chi connectivity index (χ2v) is 7.56. The highest BCUT2D eigenvalue weighted by molar-refractivity contribution is 9.10. The van der Waals surface area contributed by atoms with Crippen molar-refractivity contribution in [1.82, 2.24) is 9.80 Å². The maximum Gasteiger partial charge on any atom is 0.263 e. The van der Waals surface area contributed by atoms with Gasteiger partial charge in [0, 0.05) is 30.7 Å². The Morgan fingerprint density at radius 3 is 2.36 bits per heavy atom. The third-order valence-corrected chi connectivity index (χ3v) is 5.39. The molecule has 0 saturated carbocycles. The molecule has 28 heavy (non-hydrogen) atoms. The Labute approximate surface area is 172 Å². The lowest BCUT2D eigenvalue weighted by atomic mass is 10.2. The van der Waals surface area contributed by atoms with Crippen LogP contribution in [0.4, 0.5) is 0 Å². The van der Waals surface area contributed by atoms with Crippen molar-refractivity contribution < 1.29 is 19.4 Å². The van der Waals surface area contributed by atoms with Crippen LogP contribution in [0.1, 0.15) is 23.7 Å². The van der Waals surface area contributed by atoms with E-state index in [4.69, 9.17) is 4.74 Å². The van der Waals surface area contributed by atoms with Gasteiger partial charge in [-0.1, -0.05) is 12.1 Å². The highest BCUT2D eigenvalue weighted by Crippen LogP contribution is 2.20. The maximum atomic E-state index is 12.8. The molecule has 1 atom stereocenters. The fourth-order valence-corrected chi connectivity index (χ4v) is 3.64. The van der Waals surface area contributed by atoms with Gasteiger partial charge in [0.1, 0.15) is 11.5 Å². The van der Waals surface area contributed by atoms with Crippen molar-refractivity contribution >= 4 is 27.7 Å². The number of halogens is 1. The number of hydrogen-bond donors (Lipinski definition) is 1. The van der Waals surface area contributed by atoms with Gasteiger partial charge >= 0.3 is 0 Å². The van der Waals surface area contributed by atoms with E-state index in [2.05, 4.69) is 15.9 Å². The van der Waals surface area contributed by atoms with Crippen molar-refractivity contribution in [1.29, 1.82) is 0 Å². The van der Waals surface area contributed by atoms with Crippen molar-refractivity contribution in [3.63, 3.8) is 0 Å². The third-order valence-electron chi connectivity index (χ3n) is 4.70. The SMILES string of the molecule is CC(Oc1ccc(O)cc1)C(=O)N1CCCN(C(=O)c2ccccc2Br)CC1. The first-order chi connectivity index (χ1) is 13.5. The third kappa shape index (κ3) is 4.84. The smallest absolute Gasteiger partial charge is 0.263 e. The highest BCUT2D eigenvalue weighted by Gasteiger charge is 2.27. The van der Waals surface area contributed by atoms with Crippen LogP contribution in [0.2, 0.25) is 0 Å². The Balaban J connectivity index is 1.59. The molecule has 0 bridgehead atoms. The average molecular weight is 447 g/mol. The molecule has 0 aromatic heterocycles. The molecule has 0 radical (unpaired) electrons. The van der Waals surface area contributed by atoms with E-state index in [1.807, 2.05) is 18.2 Å². The number of benzene rings is 2. The summed E-state index contributed by atoms with van der Waals surface area (Å²) >= 11 is 3.43. The van der Waals surface area contributed by atoms with E-state index >= 15 is 0 Å². The largest absolute Gasteiger partial charge is 0.508 e. The second kappa shape index (κ2) is 9.10. The fraction of sp³-hybridized carbons (Fsp3) is 0.333. The van der Waals surface area contributed by atoms with Crippen molar-refractivity contribution in [2.75, 3.05) is 26.2 Å². The Morgan fingerprint density at radius 2 is 1.64 bits per heavy atom. The van der Waals surface area contributed by atoms with Gasteiger partial charge in [0.25, 0.3) is 11.8 Å². The van der Waals surface area contributed by atoms with E-state index in [1.54, 1.807) is 34.9 Å². The van der Waals surface area contributed by atoms with Crippen LogP contribution in [0.25, 0.3) is 0 Å². The minimum absolute atomic E-state index is 0.0323. The topological polar surface area (TPSA) is 70.1 Å². The molecule has 1 aliphatic heterocycles. The van der Waals surface area contributed by atoms with Crippen LogP contribution in [0.15, 0.2) is 53.0 Å². The zero-order chi connectivity index (χ0) is 20.1.